The first-order valence-corrected chi connectivity index (χ1v) is 1.88. The molecule has 0 aromatic rings. The van der Waals surface area contributed by atoms with Crippen molar-refractivity contribution < 1.29 is 9.53 Å². The van der Waals surface area contributed by atoms with Gasteiger partial charge in [-0.3, -0.25) is 0 Å². The van der Waals surface area contributed by atoms with E-state index in [2.05, 4.69) is 4.74 Å². The summed E-state index contributed by atoms with van der Waals surface area (Å²) in [5, 5.41) is 0. The van der Waals surface area contributed by atoms with E-state index in [1.165, 1.54) is 13.2 Å². The Morgan fingerprint density at radius 1 is 1.86 bits per heavy atom. The van der Waals surface area contributed by atoms with E-state index in [4.69, 9.17) is 6.58 Å². The summed E-state index contributed by atoms with van der Waals surface area (Å²) < 4.78 is 4.50. The van der Waals surface area contributed by atoms with E-state index in [1.807, 2.05) is 0 Å². The summed E-state index contributed by atoms with van der Waals surface area (Å²) in [4.78, 5) is 9.73. The van der Waals surface area contributed by atoms with Crippen LogP contribution in [0.25, 0.3) is 0 Å². The molecule has 0 aliphatic rings. The predicted molar refractivity (Wildman–Crippen MR) is 25.7 cm³/mol. The van der Waals surface area contributed by atoms with Crippen LogP contribution in [-0.2, 0) is 9.53 Å². The molecule has 0 aliphatic carbocycles. The molecule has 0 aromatic heterocycles. The Labute approximate surface area is 42.8 Å². The lowest BCUT2D eigenvalue weighted by atomic mass is 10.4. The minimum Gasteiger partial charge on any atom is -0.370 e. The molecular formula is C5H7O2. The summed E-state index contributed by atoms with van der Waals surface area (Å²) in [7, 11) is 1.42. The number of hydrogen-bond donors (Lipinski definition) is 0. The van der Waals surface area contributed by atoms with Crippen molar-refractivity contribution in [3.63, 3.8) is 0 Å². The maximum atomic E-state index is 9.73. The van der Waals surface area contributed by atoms with E-state index in [-0.39, 0.29) is 0 Å². The van der Waals surface area contributed by atoms with Gasteiger partial charge in [0.25, 0.3) is 0 Å². The second kappa shape index (κ2) is 3.56. The Morgan fingerprint density at radius 3 is 2.43 bits per heavy atom. The van der Waals surface area contributed by atoms with Crippen molar-refractivity contribution in [1.82, 2.24) is 0 Å². The molecule has 2 heteroatoms. The van der Waals surface area contributed by atoms with Crippen LogP contribution in [0.1, 0.15) is 0 Å². The first kappa shape index (κ1) is 6.37. The summed E-state index contributed by atoms with van der Waals surface area (Å²) in [6.45, 7) is 4.91. The highest BCUT2D eigenvalue weighted by Crippen LogP contribution is 1.81. The van der Waals surface area contributed by atoms with Gasteiger partial charge in [0.2, 0.25) is 0 Å². The van der Waals surface area contributed by atoms with Crippen molar-refractivity contribution in [3.05, 3.63) is 12.7 Å². The lowest BCUT2D eigenvalue weighted by molar-refractivity contribution is -0.114. The van der Waals surface area contributed by atoms with Gasteiger partial charge in [-0.1, -0.05) is 6.58 Å². The van der Waals surface area contributed by atoms with Crippen molar-refractivity contribution in [2.75, 3.05) is 7.11 Å². The van der Waals surface area contributed by atoms with Crippen molar-refractivity contribution in [3.8, 4) is 0 Å². The van der Waals surface area contributed by atoms with Crippen LogP contribution in [0.5, 0.6) is 0 Å². The standard InChI is InChI=1S/C5H7O2/c1-3-5(4-6)7-2/h1,3-5H,2H3. The highest BCUT2D eigenvalue weighted by Gasteiger charge is 1.93. The van der Waals surface area contributed by atoms with Crippen LogP contribution in [0, 0.1) is 6.58 Å². The molecule has 2 nitrogen and oxygen atoms in total. The number of hydrogen-bond acceptors (Lipinski definition) is 2. The van der Waals surface area contributed by atoms with Gasteiger partial charge in [0, 0.05) is 7.11 Å². The minimum atomic E-state index is -0.542. The van der Waals surface area contributed by atoms with Crippen molar-refractivity contribution >= 4 is 6.29 Å². The van der Waals surface area contributed by atoms with E-state index in [9.17, 15) is 4.79 Å². The zero-order valence-electron chi connectivity index (χ0n) is 4.13. The van der Waals surface area contributed by atoms with Gasteiger partial charge in [-0.25, -0.2) is 0 Å². The Morgan fingerprint density at radius 2 is 2.43 bits per heavy atom. The summed E-state index contributed by atoms with van der Waals surface area (Å²) in [5.41, 5.74) is 0. The van der Waals surface area contributed by atoms with Crippen LogP contribution in [0.4, 0.5) is 0 Å². The quantitative estimate of drug-likeness (QED) is 0.472. The molecule has 0 spiro atoms. The third-order valence-electron chi connectivity index (χ3n) is 0.596. The van der Waals surface area contributed by atoms with Gasteiger partial charge in [0.15, 0.2) is 6.29 Å². The summed E-state index contributed by atoms with van der Waals surface area (Å²) in [5.74, 6) is 0. The number of ether oxygens (including phenoxy) is 1. The molecule has 0 rings (SSSR count). The van der Waals surface area contributed by atoms with E-state index in [0.29, 0.717) is 6.29 Å². The number of aldehydes is 1. The maximum absolute atomic E-state index is 9.73. The molecule has 0 amide bonds. The third kappa shape index (κ3) is 2.11. The minimum absolute atomic E-state index is 0.542. The molecular weight excluding hydrogens is 92.1 g/mol. The second-order valence-corrected chi connectivity index (χ2v) is 1.03. The first-order valence-electron chi connectivity index (χ1n) is 1.88. The normalized spacial score (nSPS) is 12.7. The molecule has 0 heterocycles. The van der Waals surface area contributed by atoms with Crippen LogP contribution in [0.15, 0.2) is 6.08 Å². The SMILES string of the molecule is [CH]=CC(C=O)OC. The average molecular weight is 99.1 g/mol. The van der Waals surface area contributed by atoms with Crippen molar-refractivity contribution in [2.45, 2.75) is 6.10 Å². The average Bonchev–Trinajstić information content (AvgIpc) is 1.72. The number of rotatable bonds is 3. The monoisotopic (exact) mass is 99.0 g/mol. The van der Waals surface area contributed by atoms with Gasteiger partial charge in [-0.15, -0.1) is 0 Å². The molecule has 0 aliphatic heterocycles. The Hall–Kier alpha value is -0.630. The highest BCUT2D eigenvalue weighted by atomic mass is 16.5. The van der Waals surface area contributed by atoms with Crippen LogP contribution >= 0.6 is 0 Å². The molecule has 39 valence electrons. The van der Waals surface area contributed by atoms with E-state index in [0.717, 1.165) is 0 Å². The third-order valence-corrected chi connectivity index (χ3v) is 0.596. The van der Waals surface area contributed by atoms with Gasteiger partial charge in [0.05, 0.1) is 0 Å². The maximum Gasteiger partial charge on any atom is 0.152 e. The Kier molecular flexibility index (Phi) is 3.24. The molecule has 0 N–H and O–H groups in total. The Balaban J connectivity index is 3.36. The second-order valence-electron chi connectivity index (χ2n) is 1.03. The fourth-order valence-corrected chi connectivity index (χ4v) is 0.179. The van der Waals surface area contributed by atoms with E-state index < -0.39 is 6.10 Å². The Bertz CT molecular complexity index is 60.5. The number of methoxy groups -OCH3 is 1. The number of carbonyl (C=O) groups excluding carboxylic acids is 1. The lowest BCUT2D eigenvalue weighted by Crippen LogP contribution is -2.06. The first-order chi connectivity index (χ1) is 3.35. The molecule has 1 atom stereocenters. The van der Waals surface area contributed by atoms with E-state index in [1.54, 1.807) is 0 Å². The summed E-state index contributed by atoms with van der Waals surface area (Å²) >= 11 is 0. The van der Waals surface area contributed by atoms with Gasteiger partial charge in [-0.05, 0) is 6.08 Å². The van der Waals surface area contributed by atoms with Crippen molar-refractivity contribution in [2.24, 2.45) is 0 Å². The van der Waals surface area contributed by atoms with Gasteiger partial charge in [0.1, 0.15) is 6.10 Å². The smallest absolute Gasteiger partial charge is 0.152 e. The summed E-state index contributed by atoms with van der Waals surface area (Å²) in [6, 6.07) is 0. The van der Waals surface area contributed by atoms with Gasteiger partial charge in [-0.2, -0.15) is 0 Å². The zero-order chi connectivity index (χ0) is 5.70. The van der Waals surface area contributed by atoms with Gasteiger partial charge >= 0.3 is 0 Å². The molecule has 0 bridgehead atoms. The highest BCUT2D eigenvalue weighted by molar-refractivity contribution is 5.58. The topological polar surface area (TPSA) is 26.3 Å². The number of carbonyl (C=O) groups is 1. The molecule has 0 fully saturated rings. The fourth-order valence-electron chi connectivity index (χ4n) is 0.179. The molecule has 0 saturated heterocycles. The van der Waals surface area contributed by atoms with Crippen LogP contribution in [0.3, 0.4) is 0 Å². The molecule has 1 radical (unpaired) electrons. The van der Waals surface area contributed by atoms with Crippen LogP contribution < -0.4 is 0 Å². The largest absolute Gasteiger partial charge is 0.370 e. The molecule has 0 aromatic carbocycles. The predicted octanol–water partition coefficient (Wildman–Crippen LogP) is 0.189. The molecule has 7 heavy (non-hydrogen) atoms. The van der Waals surface area contributed by atoms with Crippen LogP contribution in [-0.4, -0.2) is 19.5 Å². The zero-order valence-corrected chi connectivity index (χ0v) is 4.13. The van der Waals surface area contributed by atoms with Crippen LogP contribution in [0.2, 0.25) is 0 Å². The summed E-state index contributed by atoms with van der Waals surface area (Å²) in [6.07, 6.45) is 1.27. The molecule has 1 unspecified atom stereocenters. The molecule has 0 saturated carbocycles. The van der Waals surface area contributed by atoms with Gasteiger partial charge < -0.3 is 9.53 Å². The van der Waals surface area contributed by atoms with Crippen molar-refractivity contribution in [1.29, 1.82) is 0 Å². The fraction of sp³-hybridized carbons (Fsp3) is 0.400. The lowest BCUT2D eigenvalue weighted by Gasteiger charge is -1.95. The van der Waals surface area contributed by atoms with E-state index >= 15 is 0 Å².